The fourth-order valence-electron chi connectivity index (χ4n) is 1.05. The maximum atomic E-state index is 10.8. The number of carboxylic acids is 1. The van der Waals surface area contributed by atoms with Crippen molar-refractivity contribution in [2.45, 2.75) is 13.0 Å². The summed E-state index contributed by atoms with van der Waals surface area (Å²) >= 11 is 0. The highest BCUT2D eigenvalue weighted by atomic mass is 16.4. The summed E-state index contributed by atoms with van der Waals surface area (Å²) in [5.74, 6) is -1.32. The van der Waals surface area contributed by atoms with Crippen LogP contribution in [0.5, 0.6) is 5.75 Å². The summed E-state index contributed by atoms with van der Waals surface area (Å²) in [4.78, 5) is 20.4. The third kappa shape index (κ3) is 3.60. The third-order valence-electron chi connectivity index (χ3n) is 2.01. The minimum atomic E-state index is -0.963. The van der Waals surface area contributed by atoms with Crippen molar-refractivity contribution >= 4 is 16.9 Å². The minimum absolute atomic E-state index is 0.353. The number of fused-ring (bicyclic) bond motifs is 1. The number of hydrogen-bond acceptors (Lipinski definition) is 5. The average Bonchev–Trinajstić information content (AvgIpc) is 2.31. The molecule has 0 saturated heterocycles. The first kappa shape index (κ1) is 13.7. The number of aromatic hydroxyl groups is 1. The number of benzene rings is 1. The highest BCUT2D eigenvalue weighted by molar-refractivity contribution is 5.77. The van der Waals surface area contributed by atoms with Crippen molar-refractivity contribution < 1.29 is 19.4 Å². The maximum Gasteiger partial charge on any atom is 0.378 e. The molecule has 18 heavy (non-hydrogen) atoms. The van der Waals surface area contributed by atoms with Gasteiger partial charge in [0.25, 0.3) is 0 Å². The van der Waals surface area contributed by atoms with Crippen LogP contribution in [0.4, 0.5) is 0 Å². The van der Waals surface area contributed by atoms with Crippen LogP contribution in [0.15, 0.2) is 39.5 Å². The molecule has 6 heteroatoms. The summed E-state index contributed by atoms with van der Waals surface area (Å²) in [5, 5.41) is 17.6. The van der Waals surface area contributed by atoms with Gasteiger partial charge in [-0.2, -0.15) is 0 Å². The van der Waals surface area contributed by atoms with Gasteiger partial charge < -0.3 is 20.4 Å². The number of aliphatic carboxylic acids is 1. The van der Waals surface area contributed by atoms with Crippen LogP contribution >= 0.6 is 0 Å². The molecule has 0 aliphatic carbocycles. The molecule has 0 bridgehead atoms. The minimum Gasteiger partial charge on any atom is -0.502 e. The van der Waals surface area contributed by atoms with Gasteiger partial charge in [0.15, 0.2) is 0 Å². The fourth-order valence-corrected chi connectivity index (χ4v) is 1.05. The molecular formula is C12H13NO5. The Labute approximate surface area is 102 Å². The number of nitrogens with two attached hydrogens (primary N) is 1. The van der Waals surface area contributed by atoms with Crippen LogP contribution in [0.2, 0.25) is 0 Å². The molecule has 0 aliphatic rings. The smallest absolute Gasteiger partial charge is 0.378 e. The van der Waals surface area contributed by atoms with E-state index in [0.717, 1.165) is 5.39 Å². The number of hydrogen-bond donors (Lipinski definition) is 3. The molecule has 6 nitrogen and oxygen atoms in total. The molecule has 2 rings (SSSR count). The van der Waals surface area contributed by atoms with Gasteiger partial charge in [-0.15, -0.1) is 0 Å². The van der Waals surface area contributed by atoms with Gasteiger partial charge in [0.05, 0.1) is 0 Å². The molecule has 0 fully saturated rings. The normalized spacial score (nSPS) is 11.4. The lowest BCUT2D eigenvalue weighted by Gasteiger charge is -1.94. The summed E-state index contributed by atoms with van der Waals surface area (Å²) in [6, 6.07) is 7.67. The van der Waals surface area contributed by atoms with Crippen LogP contribution in [-0.4, -0.2) is 22.2 Å². The Balaban J connectivity index is 0.000000232. The largest absolute Gasteiger partial charge is 0.502 e. The molecule has 96 valence electrons. The van der Waals surface area contributed by atoms with Crippen molar-refractivity contribution in [1.82, 2.24) is 0 Å². The van der Waals surface area contributed by atoms with E-state index >= 15 is 0 Å². The van der Waals surface area contributed by atoms with Crippen LogP contribution in [0.1, 0.15) is 6.92 Å². The molecule has 1 heterocycles. The summed E-state index contributed by atoms with van der Waals surface area (Å²) in [6.45, 7) is 1.42. The third-order valence-corrected chi connectivity index (χ3v) is 2.01. The second-order valence-electron chi connectivity index (χ2n) is 3.58. The van der Waals surface area contributed by atoms with Gasteiger partial charge in [-0.25, -0.2) is 4.79 Å². The zero-order valence-electron chi connectivity index (χ0n) is 9.66. The van der Waals surface area contributed by atoms with Gasteiger partial charge in [-0.3, -0.25) is 4.79 Å². The van der Waals surface area contributed by atoms with Crippen LogP contribution in [0, 0.1) is 0 Å². The quantitative estimate of drug-likeness (QED) is 0.649. The van der Waals surface area contributed by atoms with Crippen LogP contribution < -0.4 is 11.4 Å². The van der Waals surface area contributed by atoms with Crippen LogP contribution in [-0.2, 0) is 4.79 Å². The van der Waals surface area contributed by atoms with Gasteiger partial charge >= 0.3 is 11.6 Å². The van der Waals surface area contributed by atoms with E-state index in [9.17, 15) is 9.59 Å². The Kier molecular flexibility index (Phi) is 4.45. The molecule has 1 aromatic carbocycles. The second kappa shape index (κ2) is 5.83. The van der Waals surface area contributed by atoms with E-state index in [-0.39, 0.29) is 5.75 Å². The second-order valence-corrected chi connectivity index (χ2v) is 3.58. The average molecular weight is 251 g/mol. The van der Waals surface area contributed by atoms with Gasteiger partial charge in [0.2, 0.25) is 5.75 Å². The lowest BCUT2D eigenvalue weighted by atomic mass is 10.2. The Morgan fingerprint density at radius 2 is 1.94 bits per heavy atom. The van der Waals surface area contributed by atoms with Gasteiger partial charge in [0.1, 0.15) is 11.6 Å². The molecular weight excluding hydrogens is 238 g/mol. The Morgan fingerprint density at radius 1 is 1.39 bits per heavy atom. The van der Waals surface area contributed by atoms with E-state index in [0.29, 0.717) is 5.58 Å². The zero-order chi connectivity index (χ0) is 13.7. The van der Waals surface area contributed by atoms with Crippen molar-refractivity contribution in [3.05, 3.63) is 40.8 Å². The molecule has 2 aromatic rings. The van der Waals surface area contributed by atoms with Crippen molar-refractivity contribution in [1.29, 1.82) is 0 Å². The Morgan fingerprint density at radius 3 is 2.50 bits per heavy atom. The van der Waals surface area contributed by atoms with E-state index < -0.39 is 17.6 Å². The van der Waals surface area contributed by atoms with Gasteiger partial charge in [0, 0.05) is 5.39 Å². The SMILES string of the molecule is C[C@H](N)C(=O)O.O=c1oc2ccccc2cc1O. The van der Waals surface area contributed by atoms with Crippen molar-refractivity contribution in [2.24, 2.45) is 5.73 Å². The predicted octanol–water partition coefficient (Wildman–Crippen LogP) is 0.917. The van der Waals surface area contributed by atoms with E-state index in [4.69, 9.17) is 20.4 Å². The summed E-state index contributed by atoms with van der Waals surface area (Å²) in [6.07, 6.45) is 0. The zero-order valence-corrected chi connectivity index (χ0v) is 9.66. The number of rotatable bonds is 1. The lowest BCUT2D eigenvalue weighted by Crippen LogP contribution is -2.25. The van der Waals surface area contributed by atoms with Crippen molar-refractivity contribution in [2.75, 3.05) is 0 Å². The van der Waals surface area contributed by atoms with Crippen LogP contribution in [0.3, 0.4) is 0 Å². The molecule has 0 radical (unpaired) electrons. The predicted molar refractivity (Wildman–Crippen MR) is 65.4 cm³/mol. The Hall–Kier alpha value is -2.34. The number of carboxylic acid groups (broad SMARTS) is 1. The highest BCUT2D eigenvalue weighted by Gasteiger charge is 2.00. The molecule has 0 amide bonds. The lowest BCUT2D eigenvalue weighted by molar-refractivity contribution is -0.138. The maximum absolute atomic E-state index is 10.8. The summed E-state index contributed by atoms with van der Waals surface area (Å²) in [7, 11) is 0. The van der Waals surface area contributed by atoms with Gasteiger partial charge in [-0.05, 0) is 19.1 Å². The van der Waals surface area contributed by atoms with Crippen molar-refractivity contribution in [3.8, 4) is 5.75 Å². The highest BCUT2D eigenvalue weighted by Crippen LogP contribution is 2.14. The monoisotopic (exact) mass is 251 g/mol. The standard InChI is InChI=1S/C9H6O3.C3H7NO2/c10-7-5-6-3-1-2-4-8(6)12-9(7)11;1-2(4)3(5)6/h1-5,10H;2H,4H2,1H3,(H,5,6)/t;2-/m.0/s1. The van der Waals surface area contributed by atoms with E-state index in [1.807, 2.05) is 6.07 Å². The van der Waals surface area contributed by atoms with E-state index in [2.05, 4.69) is 0 Å². The summed E-state index contributed by atoms with van der Waals surface area (Å²) < 4.78 is 4.79. The molecule has 0 saturated carbocycles. The Bertz CT molecular complexity index is 603. The molecule has 0 unspecified atom stereocenters. The fraction of sp³-hybridized carbons (Fsp3) is 0.167. The van der Waals surface area contributed by atoms with Gasteiger partial charge in [-0.1, -0.05) is 18.2 Å². The molecule has 1 aromatic heterocycles. The topological polar surface area (TPSA) is 114 Å². The number of para-hydroxylation sites is 1. The molecule has 1 atom stereocenters. The van der Waals surface area contributed by atoms with E-state index in [1.54, 1.807) is 18.2 Å². The number of carbonyl (C=O) groups is 1. The van der Waals surface area contributed by atoms with Crippen LogP contribution in [0.25, 0.3) is 11.0 Å². The molecule has 0 aliphatic heterocycles. The first-order chi connectivity index (χ1) is 8.41. The van der Waals surface area contributed by atoms with Crippen molar-refractivity contribution in [3.63, 3.8) is 0 Å². The van der Waals surface area contributed by atoms with E-state index in [1.165, 1.54) is 13.0 Å². The summed E-state index contributed by atoms with van der Waals surface area (Å²) in [5.41, 5.74) is 4.62. The first-order valence-electron chi connectivity index (χ1n) is 5.12. The molecule has 0 spiro atoms. The molecule has 4 N–H and O–H groups in total. The first-order valence-corrected chi connectivity index (χ1v) is 5.12.